The number of carbonyl (C=O) groups excluding carboxylic acids is 1. The average Bonchev–Trinajstić information content (AvgIpc) is 2.49. The van der Waals surface area contributed by atoms with Crippen molar-refractivity contribution in [2.24, 2.45) is 0 Å². The summed E-state index contributed by atoms with van der Waals surface area (Å²) in [5, 5.41) is 2.97. The maximum absolute atomic E-state index is 14.0. The van der Waals surface area contributed by atoms with Crippen LogP contribution >= 0.6 is 0 Å². The van der Waals surface area contributed by atoms with Crippen molar-refractivity contribution in [3.8, 4) is 0 Å². The van der Waals surface area contributed by atoms with Gasteiger partial charge in [-0.05, 0) is 38.8 Å². The predicted octanol–water partition coefficient (Wildman–Crippen LogP) is 4.30. The van der Waals surface area contributed by atoms with Gasteiger partial charge in [-0.1, -0.05) is 26.3 Å². The molecule has 0 bridgehead atoms. The van der Waals surface area contributed by atoms with Crippen LogP contribution in [0.1, 0.15) is 57.3 Å². The summed E-state index contributed by atoms with van der Waals surface area (Å²) in [5.74, 6) is -0.462. The van der Waals surface area contributed by atoms with Gasteiger partial charge in [0.05, 0.1) is 11.3 Å². The molecule has 0 saturated heterocycles. The summed E-state index contributed by atoms with van der Waals surface area (Å²) >= 11 is 0. The molecule has 0 aliphatic rings. The van der Waals surface area contributed by atoms with Crippen molar-refractivity contribution >= 4 is 11.6 Å². The zero-order chi connectivity index (χ0) is 15.8. The molecule has 0 fully saturated rings. The molecule has 1 amide bonds. The lowest BCUT2D eigenvalue weighted by molar-refractivity contribution is 0.0686. The molecule has 118 valence electrons. The molecule has 21 heavy (non-hydrogen) atoms. The molecule has 1 aromatic carbocycles. The van der Waals surface area contributed by atoms with Gasteiger partial charge in [-0.25, -0.2) is 4.39 Å². The van der Waals surface area contributed by atoms with E-state index in [0.717, 1.165) is 19.3 Å². The van der Waals surface area contributed by atoms with E-state index < -0.39 is 0 Å². The fraction of sp³-hybridized carbons (Fsp3) is 0.588. The van der Waals surface area contributed by atoms with E-state index in [4.69, 9.17) is 0 Å². The van der Waals surface area contributed by atoms with E-state index in [2.05, 4.69) is 19.2 Å². The first-order valence-corrected chi connectivity index (χ1v) is 7.90. The second-order valence-corrected chi connectivity index (χ2v) is 5.30. The molecule has 1 unspecified atom stereocenters. The normalized spacial score (nSPS) is 12.0. The molecule has 0 aromatic heterocycles. The first-order chi connectivity index (χ1) is 10.1. The minimum absolute atomic E-state index is 0.0896. The van der Waals surface area contributed by atoms with Crippen LogP contribution in [0.5, 0.6) is 0 Å². The van der Waals surface area contributed by atoms with E-state index in [1.54, 1.807) is 12.1 Å². The number of anilines is 1. The molecule has 1 rings (SSSR count). The van der Waals surface area contributed by atoms with E-state index in [1.807, 2.05) is 18.7 Å². The Morgan fingerprint density at radius 3 is 2.62 bits per heavy atom. The van der Waals surface area contributed by atoms with Crippen LogP contribution in [0.15, 0.2) is 18.2 Å². The van der Waals surface area contributed by atoms with Crippen LogP contribution in [-0.2, 0) is 0 Å². The van der Waals surface area contributed by atoms with Gasteiger partial charge in [0.1, 0.15) is 5.82 Å². The highest BCUT2D eigenvalue weighted by molar-refractivity contribution is 5.99. The van der Waals surface area contributed by atoms with Crippen LogP contribution < -0.4 is 5.32 Å². The Labute approximate surface area is 127 Å². The summed E-state index contributed by atoms with van der Waals surface area (Å²) in [4.78, 5) is 14.7. The molecule has 4 heteroatoms. The number of carbonyl (C=O) groups is 1. The monoisotopic (exact) mass is 294 g/mol. The number of para-hydroxylation sites is 1. The Balaban J connectivity index is 3.10. The SMILES string of the molecule is CCCCN(C(=O)c1cccc(F)c1NCC)C(C)CC. The van der Waals surface area contributed by atoms with Gasteiger partial charge in [0.2, 0.25) is 0 Å². The first-order valence-electron chi connectivity index (χ1n) is 7.90. The lowest BCUT2D eigenvalue weighted by Crippen LogP contribution is -2.39. The summed E-state index contributed by atoms with van der Waals surface area (Å²) in [6.45, 7) is 9.40. The van der Waals surface area contributed by atoms with E-state index in [-0.39, 0.29) is 17.8 Å². The Morgan fingerprint density at radius 2 is 2.05 bits per heavy atom. The minimum atomic E-state index is -0.373. The molecular formula is C17H27FN2O. The van der Waals surface area contributed by atoms with Gasteiger partial charge in [-0.2, -0.15) is 0 Å². The third kappa shape index (κ3) is 4.45. The van der Waals surface area contributed by atoms with Gasteiger partial charge in [0.25, 0.3) is 5.91 Å². The van der Waals surface area contributed by atoms with Crippen LogP contribution in [0.25, 0.3) is 0 Å². The first kappa shape index (κ1) is 17.5. The highest BCUT2D eigenvalue weighted by atomic mass is 19.1. The molecule has 0 aliphatic carbocycles. The van der Waals surface area contributed by atoms with Gasteiger partial charge in [-0.15, -0.1) is 0 Å². The summed E-state index contributed by atoms with van der Waals surface area (Å²) in [6, 6.07) is 4.83. The molecule has 0 saturated carbocycles. The number of hydrogen-bond donors (Lipinski definition) is 1. The lowest BCUT2D eigenvalue weighted by Gasteiger charge is -2.29. The standard InChI is InChI=1S/C17H27FN2O/c1-5-8-12-20(13(4)6-2)17(21)14-10-9-11-15(18)16(14)19-7-3/h9-11,13,19H,5-8,12H2,1-4H3. The quantitative estimate of drug-likeness (QED) is 0.775. The topological polar surface area (TPSA) is 32.3 Å². The lowest BCUT2D eigenvalue weighted by atomic mass is 10.1. The highest BCUT2D eigenvalue weighted by Crippen LogP contribution is 2.23. The molecule has 0 radical (unpaired) electrons. The van der Waals surface area contributed by atoms with Crippen LogP contribution in [0.2, 0.25) is 0 Å². The number of unbranched alkanes of at least 4 members (excludes halogenated alkanes) is 1. The third-order valence-electron chi connectivity index (χ3n) is 3.73. The smallest absolute Gasteiger partial charge is 0.256 e. The number of halogens is 1. The maximum atomic E-state index is 14.0. The van der Waals surface area contributed by atoms with Gasteiger partial charge >= 0.3 is 0 Å². The number of hydrogen-bond acceptors (Lipinski definition) is 2. The maximum Gasteiger partial charge on any atom is 0.256 e. The Bertz CT molecular complexity index is 462. The Morgan fingerprint density at radius 1 is 1.33 bits per heavy atom. The van der Waals surface area contributed by atoms with Crippen molar-refractivity contribution in [3.63, 3.8) is 0 Å². The Hall–Kier alpha value is -1.58. The Kier molecular flexibility index (Phi) is 7.20. The van der Waals surface area contributed by atoms with Crippen LogP contribution in [0.3, 0.4) is 0 Å². The van der Waals surface area contributed by atoms with Crippen molar-refractivity contribution in [2.75, 3.05) is 18.4 Å². The number of rotatable bonds is 8. The van der Waals surface area contributed by atoms with Gasteiger partial charge in [0.15, 0.2) is 0 Å². The molecular weight excluding hydrogens is 267 g/mol. The number of nitrogens with one attached hydrogen (secondary N) is 1. The summed E-state index contributed by atoms with van der Waals surface area (Å²) in [5.41, 5.74) is 0.739. The number of nitrogens with zero attached hydrogens (tertiary/aromatic N) is 1. The van der Waals surface area contributed by atoms with Crippen molar-refractivity contribution in [2.45, 2.75) is 53.0 Å². The number of amides is 1. The zero-order valence-electron chi connectivity index (χ0n) is 13.6. The van der Waals surface area contributed by atoms with Crippen LogP contribution in [-0.4, -0.2) is 29.9 Å². The molecule has 1 aromatic rings. The highest BCUT2D eigenvalue weighted by Gasteiger charge is 2.23. The van der Waals surface area contributed by atoms with Gasteiger partial charge in [0, 0.05) is 19.1 Å². The van der Waals surface area contributed by atoms with E-state index in [0.29, 0.717) is 24.3 Å². The fourth-order valence-corrected chi connectivity index (χ4v) is 2.28. The minimum Gasteiger partial charge on any atom is -0.382 e. The van der Waals surface area contributed by atoms with Crippen molar-refractivity contribution in [3.05, 3.63) is 29.6 Å². The molecule has 1 N–H and O–H groups in total. The largest absolute Gasteiger partial charge is 0.382 e. The van der Waals surface area contributed by atoms with E-state index >= 15 is 0 Å². The molecule has 0 aliphatic heterocycles. The summed E-state index contributed by atoms with van der Waals surface area (Å²) in [6.07, 6.45) is 2.88. The summed E-state index contributed by atoms with van der Waals surface area (Å²) < 4.78 is 14.0. The number of benzene rings is 1. The molecule has 0 heterocycles. The van der Waals surface area contributed by atoms with Crippen molar-refractivity contribution < 1.29 is 9.18 Å². The van der Waals surface area contributed by atoms with Crippen molar-refractivity contribution in [1.82, 2.24) is 4.90 Å². The summed E-state index contributed by atoms with van der Waals surface area (Å²) in [7, 11) is 0. The van der Waals surface area contributed by atoms with Crippen LogP contribution in [0, 0.1) is 5.82 Å². The second kappa shape index (κ2) is 8.65. The zero-order valence-corrected chi connectivity index (χ0v) is 13.6. The molecule has 3 nitrogen and oxygen atoms in total. The van der Waals surface area contributed by atoms with E-state index in [9.17, 15) is 9.18 Å². The third-order valence-corrected chi connectivity index (χ3v) is 3.73. The molecule has 0 spiro atoms. The van der Waals surface area contributed by atoms with Crippen molar-refractivity contribution in [1.29, 1.82) is 0 Å². The second-order valence-electron chi connectivity index (χ2n) is 5.30. The van der Waals surface area contributed by atoms with Gasteiger partial charge in [-0.3, -0.25) is 4.79 Å². The average molecular weight is 294 g/mol. The molecule has 1 atom stereocenters. The van der Waals surface area contributed by atoms with E-state index in [1.165, 1.54) is 6.07 Å². The van der Waals surface area contributed by atoms with Crippen LogP contribution in [0.4, 0.5) is 10.1 Å². The fourth-order valence-electron chi connectivity index (χ4n) is 2.28. The van der Waals surface area contributed by atoms with Gasteiger partial charge < -0.3 is 10.2 Å². The predicted molar refractivity (Wildman–Crippen MR) is 86.3 cm³/mol.